The molecule has 0 fully saturated rings. The Bertz CT molecular complexity index is 9400. The second kappa shape index (κ2) is 29.1. The molecule has 0 unspecified atom stereocenters. The Kier molecular flexibility index (Phi) is 16.8. The zero-order valence-electron chi connectivity index (χ0n) is 74.9. The van der Waals surface area contributed by atoms with Crippen LogP contribution in [0, 0.1) is 0 Å². The third-order valence-corrected chi connectivity index (χ3v) is 29.7. The van der Waals surface area contributed by atoms with Crippen LogP contribution in [0.25, 0.3) is 232 Å². The van der Waals surface area contributed by atoms with E-state index in [1.54, 1.807) is 0 Å². The molecule has 3 aliphatic carbocycles. The highest BCUT2D eigenvalue weighted by Crippen LogP contribution is 2.57. The van der Waals surface area contributed by atoms with Crippen molar-refractivity contribution in [1.29, 1.82) is 0 Å². The van der Waals surface area contributed by atoms with Crippen LogP contribution in [-0.2, 0) is 16.2 Å². The summed E-state index contributed by atoms with van der Waals surface area (Å²) in [7, 11) is 0. The van der Waals surface area contributed by atoms with Crippen molar-refractivity contribution < 1.29 is 4.42 Å². The first-order valence-corrected chi connectivity index (χ1v) is 46.5. The van der Waals surface area contributed by atoms with Crippen LogP contribution in [0.4, 0.5) is 0 Å². The van der Waals surface area contributed by atoms with Gasteiger partial charge in [-0.15, -0.1) is 0 Å². The summed E-state index contributed by atoms with van der Waals surface area (Å²) >= 11 is 0. The monoisotopic (exact) mass is 1710 g/mol. The maximum absolute atomic E-state index is 6.52. The lowest BCUT2D eigenvalue weighted by Crippen LogP contribution is -2.23. The number of rotatable bonds is 7. The van der Waals surface area contributed by atoms with E-state index in [0.717, 1.165) is 49.8 Å². The first kappa shape index (κ1) is 77.2. The first-order valence-electron chi connectivity index (χ1n) is 46.5. The van der Waals surface area contributed by atoms with Crippen molar-refractivity contribution in [3.63, 3.8) is 0 Å². The fourth-order valence-electron chi connectivity index (χ4n) is 23.5. The molecule has 26 aromatic rings. The fraction of sp³-hybridized carbons (Fsp3) is 0.0714. The van der Waals surface area contributed by atoms with Crippen molar-refractivity contribution >= 4 is 141 Å². The molecule has 29 rings (SSSR count). The van der Waals surface area contributed by atoms with Gasteiger partial charge in [-0.3, -0.25) is 4.57 Å². The van der Waals surface area contributed by atoms with Crippen molar-refractivity contribution in [2.24, 2.45) is 0 Å². The Morgan fingerprint density at radius 2 is 0.567 bits per heavy atom. The zero-order chi connectivity index (χ0) is 89.1. The summed E-state index contributed by atoms with van der Waals surface area (Å²) in [6.45, 7) is 14.2. The SMILES string of the molecule is CC1(C)c2cc3c(cc2-c2cccc4cccc1c24)c1ccccc1n3-c1ccc2oc3ccc(-c4ccc5c(c4)c4ccccc4n5-c4ccccc4)cc3c2c1.CC1(C)c2ccc3c(c2-c2cccc4cccc1c24)c1ccccc1n3-c1ccccc1.CC1(C)c2ccc3c(c2-c2cccc4cccc1c24)c1ccccc1n3-c1nc(-c2ccccc2)nc(-c2ccccc2)n1. The maximum atomic E-state index is 6.52. The largest absolute Gasteiger partial charge is 0.456 e. The summed E-state index contributed by atoms with van der Waals surface area (Å²) < 4.78 is 16.0. The van der Waals surface area contributed by atoms with E-state index in [2.05, 4.69) is 442 Å². The van der Waals surface area contributed by atoms with Crippen LogP contribution in [0.5, 0.6) is 0 Å². The van der Waals surface area contributed by atoms with Gasteiger partial charge in [-0.05, 0) is 225 Å². The average Bonchev–Trinajstić information content (AvgIpc) is 1.39. The van der Waals surface area contributed by atoms with Gasteiger partial charge < -0.3 is 18.1 Å². The minimum atomic E-state index is -0.167. The number of aromatic nitrogens is 7. The highest BCUT2D eigenvalue weighted by molar-refractivity contribution is 6.23. The lowest BCUT2D eigenvalue weighted by atomic mass is 9.68. The van der Waals surface area contributed by atoms with Gasteiger partial charge in [0.05, 0.1) is 44.1 Å². The molecule has 134 heavy (non-hydrogen) atoms. The average molecular weight is 1720 g/mol. The maximum Gasteiger partial charge on any atom is 0.238 e. The molecule has 0 saturated carbocycles. The van der Waals surface area contributed by atoms with Crippen LogP contribution in [0.3, 0.4) is 0 Å². The number of para-hydroxylation sites is 6. The van der Waals surface area contributed by atoms with E-state index in [0.29, 0.717) is 17.6 Å². The molecule has 0 aliphatic heterocycles. The third kappa shape index (κ3) is 11.3. The molecule has 0 atom stereocenters. The van der Waals surface area contributed by atoms with Crippen LogP contribution in [0.15, 0.2) is 423 Å². The molecule has 0 radical (unpaired) electrons. The van der Waals surface area contributed by atoms with Gasteiger partial charge in [-0.25, -0.2) is 4.98 Å². The Morgan fingerprint density at radius 3 is 1.08 bits per heavy atom. The van der Waals surface area contributed by atoms with Gasteiger partial charge in [0.2, 0.25) is 5.95 Å². The van der Waals surface area contributed by atoms with Crippen molar-refractivity contribution in [1.82, 2.24) is 33.2 Å². The molecule has 0 amide bonds. The first-order chi connectivity index (χ1) is 65.8. The number of hydrogen-bond donors (Lipinski definition) is 0. The molecular formula is C126H87N7O. The molecule has 20 aromatic carbocycles. The zero-order valence-corrected chi connectivity index (χ0v) is 74.9. The number of benzene rings is 20. The van der Waals surface area contributed by atoms with Crippen LogP contribution >= 0.6 is 0 Å². The Labute approximate surface area is 773 Å². The van der Waals surface area contributed by atoms with Gasteiger partial charge in [0.15, 0.2) is 11.6 Å². The van der Waals surface area contributed by atoms with E-state index in [4.69, 9.17) is 19.4 Å². The highest BCUT2D eigenvalue weighted by Gasteiger charge is 2.40. The predicted octanol–water partition coefficient (Wildman–Crippen LogP) is 32.9. The summed E-state index contributed by atoms with van der Waals surface area (Å²) in [4.78, 5) is 15.2. The minimum absolute atomic E-state index is 0.0622. The topological polar surface area (TPSA) is 71.5 Å². The summed E-state index contributed by atoms with van der Waals surface area (Å²) in [6, 6.07) is 152. The molecule has 6 aromatic heterocycles. The van der Waals surface area contributed by atoms with Gasteiger partial charge in [-0.2, -0.15) is 9.97 Å². The summed E-state index contributed by atoms with van der Waals surface area (Å²) in [5.41, 5.74) is 34.9. The van der Waals surface area contributed by atoms with E-state index in [1.165, 1.54) is 198 Å². The molecule has 0 bridgehead atoms. The Hall–Kier alpha value is -16.8. The van der Waals surface area contributed by atoms with Crippen LogP contribution < -0.4 is 0 Å². The standard InChI is InChI=1S/C55H36N2O.C40H28N4.C31H23N/c1-55(2)46-19-11-13-33-12-10-18-40(54(33)46)41-31-43-39-17-7-9-21-49(39)57(51(43)32-47(41)55)37-24-27-53-45(30-37)44-29-35(23-26-52(44)58-53)34-22-25-50-42(28-34)38-16-6-8-20-48(38)56(50)36-14-4-3-5-15-36;1-40(2)30-21-12-18-25-17-11-20-29(34(25)30)35-31(40)23-24-33-36(35)28-19-9-10-22-32(28)44(33)39-42-37(26-13-5-3-6-14-26)41-38(43-39)27-15-7-4-8-16-27;1-31(2)24-16-9-11-20-10-8-15-23(28(20)24)29-25(31)18-19-27-30(29)22-14-6-7-17-26(22)32(27)21-12-4-3-5-13-21/h3-32H,1-2H3;3-24H,1-2H3;3-19H,1-2H3. The van der Waals surface area contributed by atoms with Crippen molar-refractivity contribution in [2.75, 3.05) is 0 Å². The summed E-state index contributed by atoms with van der Waals surface area (Å²) in [5.74, 6) is 1.91. The number of furan rings is 1. The Morgan fingerprint density at radius 1 is 0.201 bits per heavy atom. The van der Waals surface area contributed by atoms with Gasteiger partial charge >= 0.3 is 0 Å². The Balaban J connectivity index is 0.000000107. The normalized spacial score (nSPS) is 13.6. The summed E-state index contributed by atoms with van der Waals surface area (Å²) in [5, 5.41) is 20.4. The van der Waals surface area contributed by atoms with Crippen LogP contribution in [0.1, 0.15) is 74.9 Å². The smallest absolute Gasteiger partial charge is 0.238 e. The molecule has 632 valence electrons. The molecule has 3 aliphatic rings. The molecular weight excluding hydrogens is 1630 g/mol. The van der Waals surface area contributed by atoms with Gasteiger partial charge in [-0.1, -0.05) is 345 Å². The molecule has 0 saturated heterocycles. The number of nitrogens with zero attached hydrogens (tertiary/aromatic N) is 7. The van der Waals surface area contributed by atoms with Crippen LogP contribution in [-0.4, -0.2) is 33.2 Å². The van der Waals surface area contributed by atoms with Crippen molar-refractivity contribution in [3.05, 3.63) is 452 Å². The van der Waals surface area contributed by atoms with E-state index in [1.807, 2.05) is 36.4 Å². The third-order valence-electron chi connectivity index (χ3n) is 29.7. The van der Waals surface area contributed by atoms with Gasteiger partial charge in [0.25, 0.3) is 0 Å². The molecule has 8 nitrogen and oxygen atoms in total. The molecule has 8 heteroatoms. The van der Waals surface area contributed by atoms with Gasteiger partial charge in [0.1, 0.15) is 11.2 Å². The molecule has 0 spiro atoms. The van der Waals surface area contributed by atoms with E-state index < -0.39 is 0 Å². The fourth-order valence-corrected chi connectivity index (χ4v) is 23.5. The predicted molar refractivity (Wildman–Crippen MR) is 559 cm³/mol. The minimum Gasteiger partial charge on any atom is -0.456 e. The van der Waals surface area contributed by atoms with Crippen LogP contribution in [0.2, 0.25) is 0 Å². The lowest BCUT2D eigenvalue weighted by molar-refractivity contribution is 0.646. The number of hydrogen-bond acceptors (Lipinski definition) is 4. The molecule has 0 N–H and O–H groups in total. The van der Waals surface area contributed by atoms with E-state index >= 15 is 0 Å². The summed E-state index contributed by atoms with van der Waals surface area (Å²) in [6.07, 6.45) is 0. The second-order valence-electron chi connectivity index (χ2n) is 38.0. The molecule has 6 heterocycles. The van der Waals surface area contributed by atoms with E-state index in [9.17, 15) is 0 Å². The van der Waals surface area contributed by atoms with Crippen molar-refractivity contribution in [2.45, 2.75) is 57.8 Å². The number of fused-ring (bicyclic) bond motifs is 23. The lowest BCUT2D eigenvalue weighted by Gasteiger charge is -2.35. The highest BCUT2D eigenvalue weighted by atomic mass is 16.3. The quantitative estimate of drug-likeness (QED) is 0.159. The second-order valence-corrected chi connectivity index (χ2v) is 38.0. The van der Waals surface area contributed by atoms with E-state index in [-0.39, 0.29) is 16.2 Å². The van der Waals surface area contributed by atoms with Crippen molar-refractivity contribution in [3.8, 4) is 90.3 Å². The van der Waals surface area contributed by atoms with Gasteiger partial charge in [0, 0.05) is 98.3 Å².